The zero-order valence-electron chi connectivity index (χ0n) is 9.77. The van der Waals surface area contributed by atoms with Gasteiger partial charge in [-0.1, -0.05) is 0 Å². The summed E-state index contributed by atoms with van der Waals surface area (Å²) in [4.78, 5) is 21.9. The molecule has 0 aliphatic heterocycles. The highest BCUT2D eigenvalue weighted by molar-refractivity contribution is 5.94. The van der Waals surface area contributed by atoms with Crippen molar-refractivity contribution >= 4 is 11.8 Å². The van der Waals surface area contributed by atoms with Crippen LogP contribution in [-0.4, -0.2) is 30.0 Å². The maximum Gasteiger partial charge on any atom is 0.320 e. The first-order valence-corrected chi connectivity index (χ1v) is 5.12. The number of carboxylic acid groups (broad SMARTS) is 1. The maximum atomic E-state index is 11.2. The van der Waals surface area contributed by atoms with Gasteiger partial charge in [0.2, 0.25) is 0 Å². The lowest BCUT2D eigenvalue weighted by atomic mass is 10.0. The van der Waals surface area contributed by atoms with Gasteiger partial charge >= 0.3 is 5.97 Å². The number of hydrogen-bond acceptors (Lipinski definition) is 4. The Morgan fingerprint density at radius 1 is 1.47 bits per heavy atom. The Balaban J connectivity index is 3.06. The van der Waals surface area contributed by atoms with Crippen molar-refractivity contribution in [1.29, 1.82) is 0 Å². The van der Waals surface area contributed by atoms with Gasteiger partial charge in [0, 0.05) is 12.0 Å². The minimum absolute atomic E-state index is 0.0854. The number of ether oxygens (including phenoxy) is 1. The van der Waals surface area contributed by atoms with Crippen molar-refractivity contribution in [3.8, 4) is 5.75 Å². The van der Waals surface area contributed by atoms with Crippen LogP contribution in [-0.2, 0) is 11.2 Å². The minimum Gasteiger partial charge on any atom is -0.496 e. The summed E-state index contributed by atoms with van der Waals surface area (Å²) in [5.74, 6) is -0.634. The molecule has 92 valence electrons. The second kappa shape index (κ2) is 5.45. The summed E-state index contributed by atoms with van der Waals surface area (Å²) < 4.78 is 5.10. The zero-order valence-corrected chi connectivity index (χ0v) is 9.77. The maximum absolute atomic E-state index is 11.2. The molecule has 0 radical (unpaired) electrons. The van der Waals surface area contributed by atoms with Crippen LogP contribution in [0.3, 0.4) is 0 Å². The molecular weight excluding hydrogens is 222 g/mol. The van der Waals surface area contributed by atoms with Crippen LogP contribution in [0, 0.1) is 0 Å². The van der Waals surface area contributed by atoms with Crippen molar-refractivity contribution in [3.63, 3.8) is 0 Å². The molecule has 0 saturated carbocycles. The topological polar surface area (TPSA) is 89.6 Å². The molecule has 0 aliphatic carbocycles. The first-order valence-electron chi connectivity index (χ1n) is 5.12. The van der Waals surface area contributed by atoms with Gasteiger partial charge in [-0.3, -0.25) is 9.59 Å². The molecule has 0 aliphatic rings. The Bertz CT molecular complexity index is 442. The number of carbonyl (C=O) groups excluding carboxylic acids is 1. The molecule has 5 heteroatoms. The number of hydrogen-bond donors (Lipinski definition) is 2. The van der Waals surface area contributed by atoms with Crippen molar-refractivity contribution in [2.75, 3.05) is 7.11 Å². The Hall–Kier alpha value is -1.88. The SMILES string of the molecule is COc1ccc(C(C)=O)cc1C[C@H](N)C(=O)O. The fraction of sp³-hybridized carbons (Fsp3) is 0.333. The molecule has 0 heterocycles. The quantitative estimate of drug-likeness (QED) is 0.741. The molecule has 0 amide bonds. The second-order valence-electron chi connectivity index (χ2n) is 3.73. The molecule has 1 atom stereocenters. The van der Waals surface area contributed by atoms with Crippen LogP contribution in [0.25, 0.3) is 0 Å². The van der Waals surface area contributed by atoms with Crippen LogP contribution in [0.15, 0.2) is 18.2 Å². The van der Waals surface area contributed by atoms with Gasteiger partial charge in [0.1, 0.15) is 11.8 Å². The van der Waals surface area contributed by atoms with E-state index in [-0.39, 0.29) is 12.2 Å². The zero-order chi connectivity index (χ0) is 13.0. The van der Waals surface area contributed by atoms with Gasteiger partial charge < -0.3 is 15.6 Å². The molecule has 17 heavy (non-hydrogen) atoms. The van der Waals surface area contributed by atoms with E-state index >= 15 is 0 Å². The fourth-order valence-corrected chi connectivity index (χ4v) is 1.48. The number of rotatable bonds is 5. The average Bonchev–Trinajstić information content (AvgIpc) is 2.28. The Morgan fingerprint density at radius 2 is 2.12 bits per heavy atom. The van der Waals surface area contributed by atoms with Crippen molar-refractivity contribution in [1.82, 2.24) is 0 Å². The van der Waals surface area contributed by atoms with Gasteiger partial charge in [0.25, 0.3) is 0 Å². The summed E-state index contributed by atoms with van der Waals surface area (Å²) >= 11 is 0. The highest BCUT2D eigenvalue weighted by atomic mass is 16.5. The van der Waals surface area contributed by atoms with E-state index in [4.69, 9.17) is 15.6 Å². The van der Waals surface area contributed by atoms with Crippen molar-refractivity contribution in [3.05, 3.63) is 29.3 Å². The minimum atomic E-state index is -1.08. The van der Waals surface area contributed by atoms with Gasteiger partial charge in [0.15, 0.2) is 5.78 Å². The van der Waals surface area contributed by atoms with Gasteiger partial charge in [0.05, 0.1) is 7.11 Å². The monoisotopic (exact) mass is 237 g/mol. The standard InChI is InChI=1S/C12H15NO4/c1-7(14)8-3-4-11(17-2)9(5-8)6-10(13)12(15)16/h3-5,10H,6,13H2,1-2H3,(H,15,16)/t10-/m0/s1. The number of ketones is 1. The molecule has 3 N–H and O–H groups in total. The lowest BCUT2D eigenvalue weighted by molar-refractivity contribution is -0.138. The van der Waals surface area contributed by atoms with Crippen LogP contribution >= 0.6 is 0 Å². The van der Waals surface area contributed by atoms with Gasteiger partial charge in [-0.15, -0.1) is 0 Å². The highest BCUT2D eigenvalue weighted by Crippen LogP contribution is 2.21. The first kappa shape index (κ1) is 13.2. The molecule has 0 unspecified atom stereocenters. The predicted molar refractivity (Wildman–Crippen MR) is 62.3 cm³/mol. The van der Waals surface area contributed by atoms with E-state index in [2.05, 4.69) is 0 Å². The second-order valence-corrected chi connectivity index (χ2v) is 3.73. The number of aliphatic carboxylic acids is 1. The number of Topliss-reactive ketones (excluding diaryl/α,β-unsaturated/α-hetero) is 1. The lowest BCUT2D eigenvalue weighted by Gasteiger charge is -2.12. The number of carboxylic acids is 1. The highest BCUT2D eigenvalue weighted by Gasteiger charge is 2.16. The average molecular weight is 237 g/mol. The van der Waals surface area contributed by atoms with Crippen LogP contribution in [0.2, 0.25) is 0 Å². The molecule has 1 aromatic carbocycles. The number of benzene rings is 1. The summed E-state index contributed by atoms with van der Waals surface area (Å²) in [6.45, 7) is 1.45. The van der Waals surface area contributed by atoms with Crippen LogP contribution in [0.4, 0.5) is 0 Å². The lowest BCUT2D eigenvalue weighted by Crippen LogP contribution is -2.32. The third kappa shape index (κ3) is 3.29. The number of nitrogens with two attached hydrogens (primary N) is 1. The van der Waals surface area contributed by atoms with Gasteiger partial charge in [-0.2, -0.15) is 0 Å². The summed E-state index contributed by atoms with van der Waals surface area (Å²) in [5, 5.41) is 8.75. The van der Waals surface area contributed by atoms with Crippen LogP contribution in [0.1, 0.15) is 22.8 Å². The molecule has 1 rings (SSSR count). The number of methoxy groups -OCH3 is 1. The van der Waals surface area contributed by atoms with E-state index in [0.29, 0.717) is 16.9 Å². The van der Waals surface area contributed by atoms with E-state index in [1.54, 1.807) is 18.2 Å². The van der Waals surface area contributed by atoms with Crippen molar-refractivity contribution in [2.45, 2.75) is 19.4 Å². The Morgan fingerprint density at radius 3 is 2.59 bits per heavy atom. The third-order valence-electron chi connectivity index (χ3n) is 2.44. The summed E-state index contributed by atoms with van der Waals surface area (Å²) in [5.41, 5.74) is 6.59. The van der Waals surface area contributed by atoms with Crippen molar-refractivity contribution < 1.29 is 19.4 Å². The van der Waals surface area contributed by atoms with Crippen molar-refractivity contribution in [2.24, 2.45) is 5.73 Å². The van der Waals surface area contributed by atoms with Crippen LogP contribution < -0.4 is 10.5 Å². The predicted octanol–water partition coefficient (Wildman–Crippen LogP) is 0.852. The van der Waals surface area contributed by atoms with E-state index in [1.165, 1.54) is 14.0 Å². The molecule has 1 aromatic rings. The first-order chi connectivity index (χ1) is 7.95. The Kier molecular flexibility index (Phi) is 4.23. The van der Waals surface area contributed by atoms with E-state index < -0.39 is 12.0 Å². The summed E-state index contributed by atoms with van der Waals surface area (Å²) in [6.07, 6.45) is 0.125. The molecule has 0 bridgehead atoms. The summed E-state index contributed by atoms with van der Waals surface area (Å²) in [7, 11) is 1.48. The molecule has 0 saturated heterocycles. The summed E-state index contributed by atoms with van der Waals surface area (Å²) in [6, 6.07) is 3.88. The molecule has 5 nitrogen and oxygen atoms in total. The van der Waals surface area contributed by atoms with E-state index in [0.717, 1.165) is 0 Å². The van der Waals surface area contributed by atoms with Crippen LogP contribution in [0.5, 0.6) is 5.75 Å². The van der Waals surface area contributed by atoms with E-state index in [9.17, 15) is 9.59 Å². The fourth-order valence-electron chi connectivity index (χ4n) is 1.48. The molecule has 0 spiro atoms. The van der Waals surface area contributed by atoms with Gasteiger partial charge in [-0.05, 0) is 30.7 Å². The number of carbonyl (C=O) groups is 2. The third-order valence-corrected chi connectivity index (χ3v) is 2.44. The van der Waals surface area contributed by atoms with E-state index in [1.807, 2.05) is 0 Å². The molecule has 0 fully saturated rings. The molecular formula is C12H15NO4. The van der Waals surface area contributed by atoms with Gasteiger partial charge in [-0.25, -0.2) is 0 Å². The smallest absolute Gasteiger partial charge is 0.320 e. The Labute approximate surface area is 99.2 Å². The normalized spacial score (nSPS) is 11.9. The molecule has 0 aromatic heterocycles. The largest absolute Gasteiger partial charge is 0.496 e.